The molecule has 0 aliphatic carbocycles. The van der Waals surface area contributed by atoms with Gasteiger partial charge in [-0.15, -0.1) is 0 Å². The molecule has 0 aliphatic rings. The van der Waals surface area contributed by atoms with Crippen LogP contribution in [0.2, 0.25) is 0 Å². The predicted molar refractivity (Wildman–Crippen MR) is 78.5 cm³/mol. The second-order valence-corrected chi connectivity index (χ2v) is 6.25. The molecule has 0 bridgehead atoms. The van der Waals surface area contributed by atoms with E-state index in [0.717, 1.165) is 24.9 Å². The van der Waals surface area contributed by atoms with Crippen molar-refractivity contribution < 1.29 is 0 Å². The molecule has 1 atom stereocenters. The van der Waals surface area contributed by atoms with Gasteiger partial charge in [-0.05, 0) is 51.6 Å². The number of likely N-dealkylation sites (N-methyl/N-ethyl adjacent to an activating group) is 1. The Morgan fingerprint density at radius 1 is 0.941 bits per heavy atom. The van der Waals surface area contributed by atoms with Crippen LogP contribution in [0.15, 0.2) is 0 Å². The fraction of sp³-hybridized carbons (Fsp3) is 1.00. The minimum Gasteiger partial charge on any atom is -0.315 e. The Bertz CT molecular complexity index is 166. The van der Waals surface area contributed by atoms with Gasteiger partial charge in [0.15, 0.2) is 0 Å². The van der Waals surface area contributed by atoms with Crippen molar-refractivity contribution in [3.63, 3.8) is 0 Å². The molecular formula is C15H34N2. The van der Waals surface area contributed by atoms with E-state index >= 15 is 0 Å². The van der Waals surface area contributed by atoms with Gasteiger partial charge in [0.25, 0.3) is 0 Å². The summed E-state index contributed by atoms with van der Waals surface area (Å²) >= 11 is 0. The van der Waals surface area contributed by atoms with E-state index < -0.39 is 0 Å². The van der Waals surface area contributed by atoms with Gasteiger partial charge in [0, 0.05) is 19.1 Å². The quantitative estimate of drug-likeness (QED) is 0.591. The van der Waals surface area contributed by atoms with E-state index in [-0.39, 0.29) is 0 Å². The topological polar surface area (TPSA) is 15.3 Å². The third-order valence-electron chi connectivity index (χ3n) is 3.34. The number of hydrogen-bond donors (Lipinski definition) is 1. The molecule has 0 rings (SSSR count). The van der Waals surface area contributed by atoms with Crippen LogP contribution in [0, 0.1) is 11.8 Å². The average Bonchev–Trinajstić information content (AvgIpc) is 2.21. The molecule has 0 aromatic rings. The molecule has 0 aromatic carbocycles. The van der Waals surface area contributed by atoms with Gasteiger partial charge in [-0.2, -0.15) is 0 Å². The minimum atomic E-state index is 0.701. The summed E-state index contributed by atoms with van der Waals surface area (Å²) in [5.41, 5.74) is 0. The monoisotopic (exact) mass is 242 g/mol. The first-order valence-corrected chi connectivity index (χ1v) is 7.34. The molecule has 0 heterocycles. The fourth-order valence-electron chi connectivity index (χ4n) is 2.10. The van der Waals surface area contributed by atoms with Gasteiger partial charge >= 0.3 is 0 Å². The lowest BCUT2D eigenvalue weighted by Gasteiger charge is -2.26. The lowest BCUT2D eigenvalue weighted by atomic mass is 10.0. The summed E-state index contributed by atoms with van der Waals surface area (Å²) in [4.78, 5) is 2.47. The van der Waals surface area contributed by atoms with Gasteiger partial charge in [-0.25, -0.2) is 0 Å². The highest BCUT2D eigenvalue weighted by atomic mass is 15.1. The Balaban J connectivity index is 3.41. The molecular weight excluding hydrogens is 208 g/mol. The zero-order valence-corrected chi connectivity index (χ0v) is 12.9. The average molecular weight is 242 g/mol. The highest BCUT2D eigenvalue weighted by Crippen LogP contribution is 2.08. The van der Waals surface area contributed by atoms with E-state index in [4.69, 9.17) is 0 Å². The molecule has 0 aliphatic heterocycles. The highest BCUT2D eigenvalue weighted by Gasteiger charge is 2.09. The van der Waals surface area contributed by atoms with E-state index in [9.17, 15) is 0 Å². The molecule has 0 spiro atoms. The Morgan fingerprint density at radius 2 is 1.59 bits per heavy atom. The molecule has 0 amide bonds. The molecule has 1 unspecified atom stereocenters. The number of rotatable bonds is 10. The van der Waals surface area contributed by atoms with E-state index in [1.54, 1.807) is 0 Å². The first kappa shape index (κ1) is 16.9. The van der Waals surface area contributed by atoms with Crippen molar-refractivity contribution in [2.24, 2.45) is 11.8 Å². The molecule has 0 radical (unpaired) electrons. The van der Waals surface area contributed by atoms with Crippen molar-refractivity contribution in [3.05, 3.63) is 0 Å². The number of nitrogens with zero attached hydrogens (tertiary/aromatic N) is 1. The molecule has 0 aromatic heterocycles. The van der Waals surface area contributed by atoms with Gasteiger partial charge in [0.2, 0.25) is 0 Å². The van der Waals surface area contributed by atoms with Crippen molar-refractivity contribution in [2.75, 3.05) is 26.7 Å². The molecule has 2 heteroatoms. The second kappa shape index (κ2) is 9.90. The Morgan fingerprint density at radius 3 is 2.12 bits per heavy atom. The van der Waals surface area contributed by atoms with Crippen LogP contribution in [-0.2, 0) is 0 Å². The maximum atomic E-state index is 3.54. The third kappa shape index (κ3) is 10.8. The third-order valence-corrected chi connectivity index (χ3v) is 3.34. The maximum Gasteiger partial charge on any atom is 0.0107 e. The summed E-state index contributed by atoms with van der Waals surface area (Å²) in [6, 6.07) is 0.701. The first-order valence-electron chi connectivity index (χ1n) is 7.34. The smallest absolute Gasteiger partial charge is 0.0107 e. The highest BCUT2D eigenvalue weighted by molar-refractivity contribution is 4.66. The second-order valence-electron chi connectivity index (χ2n) is 6.25. The number of hydrogen-bond acceptors (Lipinski definition) is 2. The van der Waals surface area contributed by atoms with Crippen LogP contribution in [0.1, 0.15) is 53.9 Å². The maximum absolute atomic E-state index is 3.54. The Labute approximate surface area is 109 Å². The van der Waals surface area contributed by atoms with Gasteiger partial charge in [-0.1, -0.05) is 27.7 Å². The normalized spacial score (nSPS) is 13.9. The first-order chi connectivity index (χ1) is 7.93. The zero-order valence-electron chi connectivity index (χ0n) is 12.9. The lowest BCUT2D eigenvalue weighted by Crippen LogP contribution is -2.36. The van der Waals surface area contributed by atoms with Crippen LogP contribution in [-0.4, -0.2) is 37.6 Å². The summed E-state index contributed by atoms with van der Waals surface area (Å²) in [5, 5.41) is 3.54. The molecule has 17 heavy (non-hydrogen) atoms. The summed E-state index contributed by atoms with van der Waals surface area (Å²) < 4.78 is 0. The summed E-state index contributed by atoms with van der Waals surface area (Å²) in [6.45, 7) is 15.0. The van der Waals surface area contributed by atoms with Crippen molar-refractivity contribution in [1.29, 1.82) is 0 Å². The van der Waals surface area contributed by atoms with Crippen LogP contribution in [0.3, 0.4) is 0 Å². The van der Waals surface area contributed by atoms with Gasteiger partial charge in [0.1, 0.15) is 0 Å². The van der Waals surface area contributed by atoms with E-state index in [1.165, 1.54) is 25.8 Å². The SMILES string of the molecule is CC(C)CCCNCCN(C)C(C)CC(C)C. The van der Waals surface area contributed by atoms with Crippen LogP contribution in [0.25, 0.3) is 0 Å². The Kier molecular flexibility index (Phi) is 9.85. The van der Waals surface area contributed by atoms with Crippen LogP contribution in [0.4, 0.5) is 0 Å². The van der Waals surface area contributed by atoms with Crippen LogP contribution >= 0.6 is 0 Å². The zero-order chi connectivity index (χ0) is 13.3. The summed E-state index contributed by atoms with van der Waals surface area (Å²) in [7, 11) is 2.24. The van der Waals surface area contributed by atoms with Crippen molar-refractivity contribution >= 4 is 0 Å². The molecule has 0 saturated carbocycles. The fourth-order valence-corrected chi connectivity index (χ4v) is 2.10. The lowest BCUT2D eigenvalue weighted by molar-refractivity contribution is 0.228. The molecule has 0 fully saturated rings. The molecule has 104 valence electrons. The van der Waals surface area contributed by atoms with Gasteiger partial charge < -0.3 is 10.2 Å². The minimum absolute atomic E-state index is 0.701. The van der Waals surface area contributed by atoms with Crippen LogP contribution < -0.4 is 5.32 Å². The molecule has 2 nitrogen and oxygen atoms in total. The van der Waals surface area contributed by atoms with E-state index in [0.29, 0.717) is 6.04 Å². The van der Waals surface area contributed by atoms with Gasteiger partial charge in [-0.3, -0.25) is 0 Å². The molecule has 1 N–H and O–H groups in total. The van der Waals surface area contributed by atoms with Crippen molar-refractivity contribution in [1.82, 2.24) is 10.2 Å². The van der Waals surface area contributed by atoms with Crippen molar-refractivity contribution in [2.45, 2.75) is 59.9 Å². The van der Waals surface area contributed by atoms with Gasteiger partial charge in [0.05, 0.1) is 0 Å². The van der Waals surface area contributed by atoms with Crippen LogP contribution in [0.5, 0.6) is 0 Å². The standard InChI is InChI=1S/C15H34N2/c1-13(2)8-7-9-16-10-11-17(6)15(5)12-14(3)4/h13-16H,7-12H2,1-6H3. The van der Waals surface area contributed by atoms with E-state index in [2.05, 4.69) is 51.9 Å². The largest absolute Gasteiger partial charge is 0.315 e. The summed E-state index contributed by atoms with van der Waals surface area (Å²) in [5.74, 6) is 1.64. The summed E-state index contributed by atoms with van der Waals surface area (Å²) in [6.07, 6.45) is 3.94. The predicted octanol–water partition coefficient (Wildman–Crippen LogP) is 3.38. The number of nitrogens with one attached hydrogen (secondary N) is 1. The van der Waals surface area contributed by atoms with Crippen molar-refractivity contribution in [3.8, 4) is 0 Å². The molecule has 0 saturated heterocycles. The van der Waals surface area contributed by atoms with E-state index in [1.807, 2.05) is 0 Å². The Hall–Kier alpha value is -0.0800.